The van der Waals surface area contributed by atoms with E-state index in [9.17, 15) is 21.6 Å². The average Bonchev–Trinajstić information content (AvgIpc) is 2.35. The molecule has 0 heterocycles. The topological polar surface area (TPSA) is 72.6 Å². The minimum Gasteiger partial charge on any atom is -0.492 e. The number of alkyl halides is 3. The predicted octanol–water partition coefficient (Wildman–Crippen LogP) is 1.86. The quantitative estimate of drug-likeness (QED) is 0.776. The summed E-state index contributed by atoms with van der Waals surface area (Å²) in [7, 11) is -2.67. The molecule has 0 aliphatic carbocycles. The number of hydrogen-bond donors (Lipinski definition) is 1. The van der Waals surface area contributed by atoms with E-state index >= 15 is 0 Å². The standard InChI is InChI=1S/C12H17F3N2O3S/c1-17(6-5-12(13,14)15)21(18,19)8-7-20-11-4-2-3-10(16)9-11/h2-4,9H,5-8,16H2,1H3. The van der Waals surface area contributed by atoms with Crippen LogP contribution in [0.25, 0.3) is 0 Å². The smallest absolute Gasteiger partial charge is 0.390 e. The minimum atomic E-state index is -4.39. The molecule has 5 nitrogen and oxygen atoms in total. The zero-order valence-corrected chi connectivity index (χ0v) is 12.2. The second-order valence-corrected chi connectivity index (χ2v) is 6.62. The van der Waals surface area contributed by atoms with Crippen molar-refractivity contribution in [2.45, 2.75) is 12.6 Å². The van der Waals surface area contributed by atoms with Crippen LogP contribution in [0.3, 0.4) is 0 Å². The molecule has 9 heteroatoms. The fourth-order valence-electron chi connectivity index (χ4n) is 1.45. The summed E-state index contributed by atoms with van der Waals surface area (Å²) in [4.78, 5) is 0. The summed E-state index contributed by atoms with van der Waals surface area (Å²) in [6, 6.07) is 6.43. The molecule has 2 N–H and O–H groups in total. The Kier molecular flexibility index (Phi) is 5.85. The van der Waals surface area contributed by atoms with Crippen LogP contribution >= 0.6 is 0 Å². The number of ether oxygens (including phenoxy) is 1. The van der Waals surface area contributed by atoms with E-state index in [0.29, 0.717) is 15.7 Å². The Balaban J connectivity index is 2.45. The van der Waals surface area contributed by atoms with Crippen LogP contribution in [0.5, 0.6) is 5.75 Å². The molecule has 0 atom stereocenters. The van der Waals surface area contributed by atoms with Gasteiger partial charge in [0.1, 0.15) is 12.4 Å². The van der Waals surface area contributed by atoms with Crippen molar-refractivity contribution in [3.63, 3.8) is 0 Å². The molecule has 120 valence electrons. The fourth-order valence-corrected chi connectivity index (χ4v) is 2.42. The van der Waals surface area contributed by atoms with Crippen LogP contribution in [-0.4, -0.2) is 44.9 Å². The van der Waals surface area contributed by atoms with E-state index in [1.165, 1.54) is 6.07 Å². The van der Waals surface area contributed by atoms with Crippen molar-refractivity contribution in [2.24, 2.45) is 0 Å². The van der Waals surface area contributed by atoms with E-state index in [4.69, 9.17) is 10.5 Å². The van der Waals surface area contributed by atoms with Gasteiger partial charge in [-0.25, -0.2) is 12.7 Å². The molecule has 0 unspecified atom stereocenters. The summed E-state index contributed by atoms with van der Waals surface area (Å²) < 4.78 is 65.6. The van der Waals surface area contributed by atoms with Crippen molar-refractivity contribution in [2.75, 3.05) is 31.7 Å². The monoisotopic (exact) mass is 326 g/mol. The summed E-state index contributed by atoms with van der Waals surface area (Å²) in [5, 5.41) is 0. The van der Waals surface area contributed by atoms with Crippen molar-refractivity contribution in [3.05, 3.63) is 24.3 Å². The third-order valence-corrected chi connectivity index (χ3v) is 4.47. The first kappa shape index (κ1) is 17.6. The fraction of sp³-hybridized carbons (Fsp3) is 0.500. The molecule has 0 saturated heterocycles. The van der Waals surface area contributed by atoms with Crippen molar-refractivity contribution in [1.29, 1.82) is 0 Å². The molecule has 0 saturated carbocycles. The van der Waals surface area contributed by atoms with Crippen LogP contribution in [0.4, 0.5) is 18.9 Å². The molecule has 0 aromatic heterocycles. The zero-order valence-electron chi connectivity index (χ0n) is 11.4. The van der Waals surface area contributed by atoms with E-state index in [1.54, 1.807) is 18.2 Å². The summed E-state index contributed by atoms with van der Waals surface area (Å²) >= 11 is 0. The summed E-state index contributed by atoms with van der Waals surface area (Å²) in [5.41, 5.74) is 6.00. The second kappa shape index (κ2) is 6.99. The van der Waals surface area contributed by atoms with Gasteiger partial charge in [-0.1, -0.05) is 6.07 Å². The highest BCUT2D eigenvalue weighted by Crippen LogP contribution is 2.20. The first-order valence-electron chi connectivity index (χ1n) is 6.09. The van der Waals surface area contributed by atoms with Gasteiger partial charge in [-0.3, -0.25) is 0 Å². The van der Waals surface area contributed by atoms with Gasteiger partial charge in [0, 0.05) is 25.3 Å². The van der Waals surface area contributed by atoms with Gasteiger partial charge in [0.2, 0.25) is 10.0 Å². The summed E-state index contributed by atoms with van der Waals surface area (Å²) in [5.74, 6) is -0.000902. The lowest BCUT2D eigenvalue weighted by Gasteiger charge is -2.18. The van der Waals surface area contributed by atoms with E-state index in [2.05, 4.69) is 0 Å². The van der Waals surface area contributed by atoms with Crippen LogP contribution < -0.4 is 10.5 Å². The largest absolute Gasteiger partial charge is 0.492 e. The molecule has 1 aromatic carbocycles. The number of nitrogen functional groups attached to an aromatic ring is 1. The number of sulfonamides is 1. The summed E-state index contributed by atoms with van der Waals surface area (Å²) in [6.07, 6.45) is -5.57. The van der Waals surface area contributed by atoms with Crippen molar-refractivity contribution >= 4 is 15.7 Å². The number of anilines is 1. The molecule has 1 aromatic rings. The second-order valence-electron chi connectivity index (χ2n) is 4.42. The third kappa shape index (κ3) is 6.67. The maximum atomic E-state index is 12.1. The number of hydrogen-bond acceptors (Lipinski definition) is 4. The lowest BCUT2D eigenvalue weighted by molar-refractivity contribution is -0.135. The maximum Gasteiger partial charge on any atom is 0.390 e. The van der Waals surface area contributed by atoms with Gasteiger partial charge >= 0.3 is 6.18 Å². The highest BCUT2D eigenvalue weighted by atomic mass is 32.2. The van der Waals surface area contributed by atoms with Crippen LogP contribution in [0.15, 0.2) is 24.3 Å². The van der Waals surface area contributed by atoms with Crippen molar-refractivity contribution in [1.82, 2.24) is 4.31 Å². The lowest BCUT2D eigenvalue weighted by atomic mass is 10.3. The van der Waals surface area contributed by atoms with Crippen molar-refractivity contribution in [3.8, 4) is 5.75 Å². The van der Waals surface area contributed by atoms with E-state index in [0.717, 1.165) is 7.05 Å². The molecule has 0 spiro atoms. The Morgan fingerprint density at radius 3 is 2.57 bits per heavy atom. The minimum absolute atomic E-state index is 0.165. The van der Waals surface area contributed by atoms with Crippen molar-refractivity contribution < 1.29 is 26.3 Å². The molecular weight excluding hydrogens is 309 g/mol. The SMILES string of the molecule is CN(CCC(F)(F)F)S(=O)(=O)CCOc1cccc(N)c1. The Morgan fingerprint density at radius 2 is 2.00 bits per heavy atom. The van der Waals surface area contributed by atoms with Crippen LogP contribution in [-0.2, 0) is 10.0 Å². The summed E-state index contributed by atoms with van der Waals surface area (Å²) in [6.45, 7) is -0.772. The molecule has 0 aliphatic rings. The van der Waals surface area contributed by atoms with Crippen LogP contribution in [0.2, 0.25) is 0 Å². The molecule has 0 radical (unpaired) electrons. The number of benzene rings is 1. The Morgan fingerprint density at radius 1 is 1.33 bits per heavy atom. The van der Waals surface area contributed by atoms with Gasteiger partial charge < -0.3 is 10.5 Å². The van der Waals surface area contributed by atoms with Crippen LogP contribution in [0, 0.1) is 0 Å². The Labute approximate surface area is 121 Å². The van der Waals surface area contributed by atoms with Gasteiger partial charge in [-0.05, 0) is 12.1 Å². The number of rotatable bonds is 7. The van der Waals surface area contributed by atoms with Gasteiger partial charge in [0.25, 0.3) is 0 Å². The first-order valence-corrected chi connectivity index (χ1v) is 7.70. The number of nitrogens with two attached hydrogens (primary N) is 1. The molecule has 0 amide bonds. The van der Waals surface area contributed by atoms with Gasteiger partial charge in [-0.15, -0.1) is 0 Å². The Bertz CT molecular complexity index is 561. The molecule has 0 bridgehead atoms. The lowest BCUT2D eigenvalue weighted by Crippen LogP contribution is -2.34. The molecule has 1 rings (SSSR count). The van der Waals surface area contributed by atoms with Gasteiger partial charge in [0.15, 0.2) is 0 Å². The van der Waals surface area contributed by atoms with Gasteiger partial charge in [-0.2, -0.15) is 13.2 Å². The zero-order chi connectivity index (χ0) is 16.1. The predicted molar refractivity (Wildman–Crippen MR) is 73.4 cm³/mol. The molecule has 0 aliphatic heterocycles. The average molecular weight is 326 g/mol. The van der Waals surface area contributed by atoms with E-state index in [-0.39, 0.29) is 6.61 Å². The number of halogens is 3. The normalized spacial score (nSPS) is 12.6. The van der Waals surface area contributed by atoms with E-state index in [1.807, 2.05) is 0 Å². The first-order chi connectivity index (χ1) is 9.60. The highest BCUT2D eigenvalue weighted by Gasteiger charge is 2.29. The maximum absolute atomic E-state index is 12.1. The molecule has 21 heavy (non-hydrogen) atoms. The van der Waals surface area contributed by atoms with Crippen LogP contribution in [0.1, 0.15) is 6.42 Å². The highest BCUT2D eigenvalue weighted by molar-refractivity contribution is 7.89. The molecule has 0 fully saturated rings. The molecular formula is C12H17F3N2O3S. The number of nitrogens with zero attached hydrogens (tertiary/aromatic N) is 1. The third-order valence-electron chi connectivity index (χ3n) is 2.65. The van der Waals surface area contributed by atoms with E-state index < -0.39 is 34.9 Å². The Hall–Kier alpha value is -1.48. The van der Waals surface area contributed by atoms with Gasteiger partial charge in [0.05, 0.1) is 12.2 Å².